The van der Waals surface area contributed by atoms with E-state index in [0.717, 1.165) is 34.5 Å². The van der Waals surface area contributed by atoms with Gasteiger partial charge in [-0.05, 0) is 65.0 Å². The predicted molar refractivity (Wildman–Crippen MR) is 99.0 cm³/mol. The summed E-state index contributed by atoms with van der Waals surface area (Å²) in [6, 6.07) is 9.32. The van der Waals surface area contributed by atoms with Gasteiger partial charge in [0.2, 0.25) is 0 Å². The smallest absolute Gasteiger partial charge is 0.255 e. The number of aryl methyl sites for hydroxylation is 1. The van der Waals surface area contributed by atoms with Crippen molar-refractivity contribution >= 4 is 33.3 Å². The molecule has 1 aromatic heterocycles. The molecule has 0 spiro atoms. The summed E-state index contributed by atoms with van der Waals surface area (Å²) in [5.74, 6) is 1.21. The number of nitrogens with one attached hydrogen (secondary N) is 2. The monoisotopic (exact) mass is 375 g/mol. The minimum absolute atomic E-state index is 0.149. The van der Waals surface area contributed by atoms with Crippen molar-refractivity contribution < 1.29 is 4.79 Å². The van der Waals surface area contributed by atoms with Gasteiger partial charge in [-0.2, -0.15) is 0 Å². The van der Waals surface area contributed by atoms with Gasteiger partial charge in [0, 0.05) is 22.8 Å². The second-order valence-corrected chi connectivity index (χ2v) is 6.83. The van der Waals surface area contributed by atoms with E-state index >= 15 is 0 Å². The topological polar surface area (TPSA) is 54.0 Å². The molecule has 0 aliphatic carbocycles. The largest absolute Gasteiger partial charge is 0.370 e. The number of rotatable bonds is 6. The third kappa shape index (κ3) is 5.36. The van der Waals surface area contributed by atoms with Crippen molar-refractivity contribution in [2.75, 3.05) is 17.2 Å². The Morgan fingerprint density at radius 3 is 2.74 bits per heavy atom. The molecule has 0 radical (unpaired) electrons. The molecular weight excluding hydrogens is 354 g/mol. The number of hydrogen-bond donors (Lipinski definition) is 2. The number of hydrogen-bond acceptors (Lipinski definition) is 3. The average molecular weight is 376 g/mol. The minimum atomic E-state index is -0.149. The number of benzene rings is 1. The molecule has 0 saturated heterocycles. The standard InChI is InChI=1S/C18H22BrN3O/c1-12(2)6-8-20-17-11-14(7-9-21-17)18(23)22-16-5-4-13(3)10-15(16)19/h4-5,7,9-12H,6,8H2,1-3H3,(H,20,21)(H,22,23). The van der Waals surface area contributed by atoms with Crippen LogP contribution in [-0.4, -0.2) is 17.4 Å². The van der Waals surface area contributed by atoms with Crippen LogP contribution >= 0.6 is 15.9 Å². The molecule has 2 aromatic rings. The van der Waals surface area contributed by atoms with E-state index in [9.17, 15) is 4.79 Å². The zero-order valence-electron chi connectivity index (χ0n) is 13.7. The zero-order valence-corrected chi connectivity index (χ0v) is 15.3. The number of halogens is 1. The fourth-order valence-corrected chi connectivity index (χ4v) is 2.67. The first-order valence-electron chi connectivity index (χ1n) is 7.73. The summed E-state index contributed by atoms with van der Waals surface area (Å²) >= 11 is 3.47. The van der Waals surface area contributed by atoms with Gasteiger partial charge in [-0.1, -0.05) is 19.9 Å². The van der Waals surface area contributed by atoms with E-state index < -0.39 is 0 Å². The van der Waals surface area contributed by atoms with Crippen molar-refractivity contribution in [3.05, 3.63) is 52.1 Å². The summed E-state index contributed by atoms with van der Waals surface area (Å²) in [7, 11) is 0. The van der Waals surface area contributed by atoms with Crippen molar-refractivity contribution in [2.45, 2.75) is 27.2 Å². The number of nitrogens with zero attached hydrogens (tertiary/aromatic N) is 1. The van der Waals surface area contributed by atoms with Crippen LogP contribution in [0, 0.1) is 12.8 Å². The van der Waals surface area contributed by atoms with Crippen LogP contribution in [0.2, 0.25) is 0 Å². The first-order chi connectivity index (χ1) is 11.0. The molecule has 5 heteroatoms. The quantitative estimate of drug-likeness (QED) is 0.757. The van der Waals surface area contributed by atoms with Crippen molar-refractivity contribution in [2.24, 2.45) is 5.92 Å². The van der Waals surface area contributed by atoms with Crippen LogP contribution in [0.3, 0.4) is 0 Å². The predicted octanol–water partition coefficient (Wildman–Crippen LogP) is 4.86. The van der Waals surface area contributed by atoms with Gasteiger partial charge in [0.25, 0.3) is 5.91 Å². The van der Waals surface area contributed by atoms with E-state index in [4.69, 9.17) is 0 Å². The molecule has 1 amide bonds. The second-order valence-electron chi connectivity index (χ2n) is 5.98. The fourth-order valence-electron chi connectivity index (χ4n) is 2.07. The van der Waals surface area contributed by atoms with Gasteiger partial charge in [-0.25, -0.2) is 4.98 Å². The Morgan fingerprint density at radius 2 is 2.04 bits per heavy atom. The van der Waals surface area contributed by atoms with E-state index in [1.165, 1.54) is 0 Å². The highest BCUT2D eigenvalue weighted by atomic mass is 79.9. The Balaban J connectivity index is 2.04. The molecule has 0 aliphatic rings. The van der Waals surface area contributed by atoms with Crippen LogP contribution in [0.4, 0.5) is 11.5 Å². The van der Waals surface area contributed by atoms with Crippen LogP contribution in [-0.2, 0) is 0 Å². The third-order valence-corrected chi connectivity index (χ3v) is 4.08. The molecule has 0 aliphatic heterocycles. The molecular formula is C18H22BrN3O. The molecule has 23 heavy (non-hydrogen) atoms. The molecule has 4 nitrogen and oxygen atoms in total. The first-order valence-corrected chi connectivity index (χ1v) is 8.52. The van der Waals surface area contributed by atoms with Crippen molar-refractivity contribution in [1.29, 1.82) is 0 Å². The molecule has 122 valence electrons. The maximum atomic E-state index is 12.4. The van der Waals surface area contributed by atoms with Crippen LogP contribution in [0.25, 0.3) is 0 Å². The lowest BCUT2D eigenvalue weighted by atomic mass is 10.1. The summed E-state index contributed by atoms with van der Waals surface area (Å²) in [6.45, 7) is 7.21. The van der Waals surface area contributed by atoms with Crippen LogP contribution in [0.1, 0.15) is 36.2 Å². The molecule has 1 aromatic carbocycles. The van der Waals surface area contributed by atoms with Gasteiger partial charge < -0.3 is 10.6 Å². The Morgan fingerprint density at radius 1 is 1.26 bits per heavy atom. The lowest BCUT2D eigenvalue weighted by molar-refractivity contribution is 0.102. The molecule has 0 unspecified atom stereocenters. The third-order valence-electron chi connectivity index (χ3n) is 3.42. The molecule has 2 N–H and O–H groups in total. The zero-order chi connectivity index (χ0) is 16.8. The molecule has 1 heterocycles. The van der Waals surface area contributed by atoms with E-state index in [-0.39, 0.29) is 5.91 Å². The highest BCUT2D eigenvalue weighted by Crippen LogP contribution is 2.24. The lowest BCUT2D eigenvalue weighted by Gasteiger charge is -2.10. The Kier molecular flexibility index (Phi) is 6.16. The van der Waals surface area contributed by atoms with E-state index in [0.29, 0.717) is 11.5 Å². The highest BCUT2D eigenvalue weighted by Gasteiger charge is 2.09. The number of amides is 1. The van der Waals surface area contributed by atoms with Crippen molar-refractivity contribution in [1.82, 2.24) is 4.98 Å². The average Bonchev–Trinajstić information content (AvgIpc) is 2.50. The molecule has 0 saturated carbocycles. The highest BCUT2D eigenvalue weighted by molar-refractivity contribution is 9.10. The van der Waals surface area contributed by atoms with Crippen molar-refractivity contribution in [3.63, 3.8) is 0 Å². The van der Waals surface area contributed by atoms with Gasteiger partial charge in [-0.3, -0.25) is 4.79 Å². The summed E-state index contributed by atoms with van der Waals surface area (Å²) in [5, 5.41) is 6.17. The Labute approximate surface area is 145 Å². The van der Waals surface area contributed by atoms with Gasteiger partial charge in [0.05, 0.1) is 5.69 Å². The number of anilines is 2. The number of pyridine rings is 1. The summed E-state index contributed by atoms with van der Waals surface area (Å²) in [6.07, 6.45) is 2.71. The van der Waals surface area contributed by atoms with Gasteiger partial charge in [-0.15, -0.1) is 0 Å². The normalized spacial score (nSPS) is 10.7. The summed E-state index contributed by atoms with van der Waals surface area (Å²) < 4.78 is 0.871. The molecule has 0 fully saturated rings. The lowest BCUT2D eigenvalue weighted by Crippen LogP contribution is -2.13. The maximum Gasteiger partial charge on any atom is 0.255 e. The van der Waals surface area contributed by atoms with Crippen LogP contribution in [0.5, 0.6) is 0 Å². The fraction of sp³-hybridized carbons (Fsp3) is 0.333. The van der Waals surface area contributed by atoms with Crippen LogP contribution in [0.15, 0.2) is 41.0 Å². The van der Waals surface area contributed by atoms with E-state index in [1.54, 1.807) is 18.3 Å². The van der Waals surface area contributed by atoms with Gasteiger partial charge >= 0.3 is 0 Å². The Hall–Kier alpha value is -1.88. The first kappa shape index (κ1) is 17.5. The van der Waals surface area contributed by atoms with Crippen LogP contribution < -0.4 is 10.6 Å². The van der Waals surface area contributed by atoms with Gasteiger partial charge in [0.15, 0.2) is 0 Å². The van der Waals surface area contributed by atoms with E-state index in [1.807, 2.05) is 25.1 Å². The Bertz CT molecular complexity index is 686. The number of aromatic nitrogens is 1. The number of carbonyl (C=O) groups is 1. The van der Waals surface area contributed by atoms with E-state index in [2.05, 4.69) is 45.4 Å². The number of carbonyl (C=O) groups excluding carboxylic acids is 1. The molecule has 2 rings (SSSR count). The summed E-state index contributed by atoms with van der Waals surface area (Å²) in [5.41, 5.74) is 2.47. The second kappa shape index (κ2) is 8.11. The van der Waals surface area contributed by atoms with Crippen molar-refractivity contribution in [3.8, 4) is 0 Å². The maximum absolute atomic E-state index is 12.4. The summed E-state index contributed by atoms with van der Waals surface area (Å²) in [4.78, 5) is 16.7. The van der Waals surface area contributed by atoms with Gasteiger partial charge in [0.1, 0.15) is 5.82 Å². The SMILES string of the molecule is Cc1ccc(NC(=O)c2ccnc(NCCC(C)C)c2)c(Br)c1. The minimum Gasteiger partial charge on any atom is -0.370 e. The molecule has 0 atom stereocenters. The molecule has 0 bridgehead atoms.